The van der Waals surface area contributed by atoms with Crippen molar-refractivity contribution in [1.82, 2.24) is 0 Å². The lowest BCUT2D eigenvalue weighted by Gasteiger charge is -2.11. The number of alkyl halides is 1. The number of hydrogen-bond acceptors (Lipinski definition) is 0. The summed E-state index contributed by atoms with van der Waals surface area (Å²) in [7, 11) is 0. The van der Waals surface area contributed by atoms with E-state index < -0.39 is 0 Å². The Morgan fingerprint density at radius 2 is 1.67 bits per heavy atom. The highest BCUT2D eigenvalue weighted by Crippen LogP contribution is 2.28. The maximum Gasteiger partial charge on any atom is 0.123 e. The standard InChI is InChI=1S/C15H13BrF2/c1-10-6-12(9-14(18)7-10)15(16)8-11-2-4-13(17)5-3-11/h2-7,9,15H,8H2,1H3. The van der Waals surface area contributed by atoms with Gasteiger partial charge in [0, 0.05) is 4.83 Å². The van der Waals surface area contributed by atoms with E-state index in [4.69, 9.17) is 0 Å². The van der Waals surface area contributed by atoms with Gasteiger partial charge in [-0.05, 0) is 54.3 Å². The minimum absolute atomic E-state index is 0.0253. The molecular formula is C15H13BrF2. The SMILES string of the molecule is Cc1cc(F)cc(C(Br)Cc2ccc(F)cc2)c1. The van der Waals surface area contributed by atoms with Crippen LogP contribution in [0, 0.1) is 18.6 Å². The Balaban J connectivity index is 2.16. The van der Waals surface area contributed by atoms with Gasteiger partial charge < -0.3 is 0 Å². The fraction of sp³-hybridized carbons (Fsp3) is 0.200. The zero-order valence-electron chi connectivity index (χ0n) is 9.96. The minimum atomic E-state index is -0.244. The zero-order chi connectivity index (χ0) is 13.1. The van der Waals surface area contributed by atoms with Crippen LogP contribution in [-0.2, 0) is 6.42 Å². The summed E-state index contributed by atoms with van der Waals surface area (Å²) in [6.07, 6.45) is 0.698. The van der Waals surface area contributed by atoms with Crippen molar-refractivity contribution in [3.8, 4) is 0 Å². The molecule has 0 aliphatic heterocycles. The second-order valence-corrected chi connectivity index (χ2v) is 5.47. The third-order valence-corrected chi connectivity index (χ3v) is 3.61. The molecule has 0 saturated carbocycles. The van der Waals surface area contributed by atoms with Gasteiger partial charge in [0.1, 0.15) is 11.6 Å². The molecule has 0 nitrogen and oxygen atoms in total. The highest BCUT2D eigenvalue weighted by molar-refractivity contribution is 9.09. The number of benzene rings is 2. The first-order valence-corrected chi connectivity index (χ1v) is 6.62. The Kier molecular flexibility index (Phi) is 4.12. The quantitative estimate of drug-likeness (QED) is 0.703. The van der Waals surface area contributed by atoms with Crippen LogP contribution in [0.5, 0.6) is 0 Å². The van der Waals surface area contributed by atoms with Crippen LogP contribution in [0.15, 0.2) is 42.5 Å². The maximum absolute atomic E-state index is 13.3. The van der Waals surface area contributed by atoms with Crippen molar-refractivity contribution < 1.29 is 8.78 Å². The van der Waals surface area contributed by atoms with Crippen molar-refractivity contribution in [2.75, 3.05) is 0 Å². The van der Waals surface area contributed by atoms with E-state index in [1.165, 1.54) is 24.3 Å². The average molecular weight is 311 g/mol. The average Bonchev–Trinajstić information content (AvgIpc) is 2.31. The molecule has 94 valence electrons. The minimum Gasteiger partial charge on any atom is -0.207 e. The van der Waals surface area contributed by atoms with Crippen molar-refractivity contribution in [2.45, 2.75) is 18.2 Å². The predicted molar refractivity (Wildman–Crippen MR) is 72.9 cm³/mol. The molecule has 0 amide bonds. The number of halogens is 3. The molecule has 0 fully saturated rings. The zero-order valence-corrected chi connectivity index (χ0v) is 11.5. The van der Waals surface area contributed by atoms with Crippen LogP contribution in [0.3, 0.4) is 0 Å². The van der Waals surface area contributed by atoms with Gasteiger partial charge in [0.05, 0.1) is 0 Å². The fourth-order valence-corrected chi connectivity index (χ4v) is 2.53. The summed E-state index contributed by atoms with van der Waals surface area (Å²) in [4.78, 5) is 0.0253. The molecule has 0 heterocycles. The number of rotatable bonds is 3. The smallest absolute Gasteiger partial charge is 0.123 e. The summed E-state index contributed by atoms with van der Waals surface area (Å²) in [6.45, 7) is 1.87. The van der Waals surface area contributed by atoms with Crippen molar-refractivity contribution in [3.05, 3.63) is 70.8 Å². The molecule has 0 aliphatic rings. The van der Waals surface area contributed by atoms with Crippen molar-refractivity contribution in [2.24, 2.45) is 0 Å². The molecule has 3 heteroatoms. The summed E-state index contributed by atoms with van der Waals surface area (Å²) < 4.78 is 26.1. The molecule has 1 unspecified atom stereocenters. The second-order valence-electron chi connectivity index (χ2n) is 4.36. The molecule has 0 aliphatic carbocycles. The largest absolute Gasteiger partial charge is 0.207 e. The third kappa shape index (κ3) is 3.39. The van der Waals surface area contributed by atoms with Gasteiger partial charge in [-0.25, -0.2) is 8.78 Å². The van der Waals surface area contributed by atoms with E-state index in [9.17, 15) is 8.78 Å². The lowest BCUT2D eigenvalue weighted by Crippen LogP contribution is -1.97. The van der Waals surface area contributed by atoms with Crippen molar-refractivity contribution >= 4 is 15.9 Å². The first kappa shape index (κ1) is 13.2. The van der Waals surface area contributed by atoms with Crippen molar-refractivity contribution in [3.63, 3.8) is 0 Å². The molecule has 1 atom stereocenters. The summed E-state index contributed by atoms with van der Waals surface area (Å²) in [5.74, 6) is -0.472. The molecule has 2 aromatic rings. The number of aryl methyl sites for hydroxylation is 1. The van der Waals surface area contributed by atoms with Gasteiger partial charge in [-0.15, -0.1) is 0 Å². The van der Waals surface area contributed by atoms with E-state index in [1.807, 2.05) is 13.0 Å². The molecule has 0 spiro atoms. The summed E-state index contributed by atoms with van der Waals surface area (Å²) in [6, 6.07) is 11.3. The third-order valence-electron chi connectivity index (χ3n) is 2.75. The second kappa shape index (κ2) is 5.61. The van der Waals surface area contributed by atoms with E-state index in [0.29, 0.717) is 6.42 Å². The molecule has 18 heavy (non-hydrogen) atoms. The predicted octanol–water partition coefficient (Wildman–Crippen LogP) is 4.95. The van der Waals surface area contributed by atoms with Crippen LogP contribution in [0.4, 0.5) is 8.78 Å². The van der Waals surface area contributed by atoms with Crippen LogP contribution < -0.4 is 0 Å². The Hall–Kier alpha value is -1.22. The molecule has 2 aromatic carbocycles. The van der Waals surface area contributed by atoms with Crippen LogP contribution in [0.2, 0.25) is 0 Å². The molecule has 0 bridgehead atoms. The van der Waals surface area contributed by atoms with Crippen LogP contribution in [0.1, 0.15) is 21.5 Å². The lowest BCUT2D eigenvalue weighted by atomic mass is 10.0. The normalized spacial score (nSPS) is 12.4. The fourth-order valence-electron chi connectivity index (χ4n) is 1.89. The summed E-state index contributed by atoms with van der Waals surface area (Å²) >= 11 is 3.55. The summed E-state index contributed by atoms with van der Waals surface area (Å²) in [5.41, 5.74) is 2.81. The van der Waals surface area contributed by atoms with Gasteiger partial charge in [-0.1, -0.05) is 34.1 Å². The van der Waals surface area contributed by atoms with E-state index >= 15 is 0 Å². The van der Waals surface area contributed by atoms with Gasteiger partial charge in [-0.3, -0.25) is 0 Å². The molecule has 0 N–H and O–H groups in total. The molecule has 0 aromatic heterocycles. The Morgan fingerprint density at radius 1 is 1.00 bits per heavy atom. The molecule has 0 saturated heterocycles. The monoisotopic (exact) mass is 310 g/mol. The van der Waals surface area contributed by atoms with Gasteiger partial charge in [0.15, 0.2) is 0 Å². The van der Waals surface area contributed by atoms with Gasteiger partial charge in [-0.2, -0.15) is 0 Å². The molecular weight excluding hydrogens is 298 g/mol. The Bertz CT molecular complexity index is 514. The summed E-state index contributed by atoms with van der Waals surface area (Å²) in [5, 5.41) is 0. The first-order chi connectivity index (χ1) is 8.54. The Morgan fingerprint density at radius 3 is 2.28 bits per heavy atom. The van der Waals surface area contributed by atoms with Crippen molar-refractivity contribution in [1.29, 1.82) is 0 Å². The van der Waals surface area contributed by atoms with Crippen LogP contribution in [0.25, 0.3) is 0 Å². The maximum atomic E-state index is 13.3. The van der Waals surface area contributed by atoms with Crippen LogP contribution >= 0.6 is 15.9 Å². The number of hydrogen-bond donors (Lipinski definition) is 0. The van der Waals surface area contributed by atoms with Gasteiger partial charge >= 0.3 is 0 Å². The molecule has 0 radical (unpaired) electrons. The van der Waals surface area contributed by atoms with E-state index in [1.54, 1.807) is 12.1 Å². The topological polar surface area (TPSA) is 0 Å². The Labute approximate surface area is 114 Å². The van der Waals surface area contributed by atoms with Gasteiger partial charge in [0.2, 0.25) is 0 Å². The van der Waals surface area contributed by atoms with Crippen LogP contribution in [-0.4, -0.2) is 0 Å². The van der Waals surface area contributed by atoms with E-state index in [-0.39, 0.29) is 16.5 Å². The first-order valence-electron chi connectivity index (χ1n) is 5.70. The highest BCUT2D eigenvalue weighted by atomic mass is 79.9. The van der Waals surface area contributed by atoms with E-state index in [0.717, 1.165) is 16.7 Å². The highest BCUT2D eigenvalue weighted by Gasteiger charge is 2.10. The van der Waals surface area contributed by atoms with Gasteiger partial charge in [0.25, 0.3) is 0 Å². The molecule has 2 rings (SSSR count). The lowest BCUT2D eigenvalue weighted by molar-refractivity contribution is 0.623. The van der Waals surface area contributed by atoms with E-state index in [2.05, 4.69) is 15.9 Å².